The lowest BCUT2D eigenvalue weighted by Crippen LogP contribution is -2.19. The molecule has 0 fully saturated rings. The molecule has 110 valence electrons. The maximum Gasteiger partial charge on any atom is 0.158 e. The Morgan fingerprint density at radius 3 is 3.00 bits per heavy atom. The Balaban J connectivity index is 1.67. The molecule has 21 heavy (non-hydrogen) atoms. The van der Waals surface area contributed by atoms with Crippen LogP contribution < -0.4 is 5.32 Å². The van der Waals surface area contributed by atoms with E-state index in [0.29, 0.717) is 12.5 Å². The minimum absolute atomic E-state index is 0.602. The fourth-order valence-electron chi connectivity index (χ4n) is 2.30. The molecule has 3 aromatic rings. The second-order valence-electron chi connectivity index (χ2n) is 5.67. The van der Waals surface area contributed by atoms with Crippen molar-refractivity contribution in [1.29, 1.82) is 0 Å². The summed E-state index contributed by atoms with van der Waals surface area (Å²) in [5.41, 5.74) is 2.04. The van der Waals surface area contributed by atoms with Gasteiger partial charge in [0.15, 0.2) is 5.76 Å². The molecule has 0 radical (unpaired) electrons. The molecule has 0 saturated heterocycles. The largest absolute Gasteiger partial charge is 0.359 e. The van der Waals surface area contributed by atoms with Crippen LogP contribution in [0.1, 0.15) is 25.3 Å². The zero-order valence-corrected chi connectivity index (χ0v) is 12.4. The van der Waals surface area contributed by atoms with E-state index in [1.807, 2.05) is 29.1 Å². The predicted molar refractivity (Wildman–Crippen MR) is 81.9 cm³/mol. The summed E-state index contributed by atoms with van der Waals surface area (Å²) in [4.78, 5) is 0. The molecule has 0 aliphatic rings. The van der Waals surface area contributed by atoms with E-state index in [-0.39, 0.29) is 0 Å². The summed E-state index contributed by atoms with van der Waals surface area (Å²) in [6, 6.07) is 10.1. The Morgan fingerprint density at radius 1 is 1.29 bits per heavy atom. The van der Waals surface area contributed by atoms with E-state index in [2.05, 4.69) is 41.6 Å². The molecule has 0 aliphatic carbocycles. The van der Waals surface area contributed by atoms with Crippen LogP contribution >= 0.6 is 0 Å². The third kappa shape index (κ3) is 3.31. The highest BCUT2D eigenvalue weighted by Crippen LogP contribution is 2.15. The fraction of sp³-hybridized carbons (Fsp3) is 0.375. The second kappa shape index (κ2) is 6.10. The average Bonchev–Trinajstić information content (AvgIpc) is 3.07. The lowest BCUT2D eigenvalue weighted by Gasteiger charge is -2.04. The van der Waals surface area contributed by atoms with Gasteiger partial charge in [-0.1, -0.05) is 37.2 Å². The van der Waals surface area contributed by atoms with E-state index in [0.717, 1.165) is 35.4 Å². The number of rotatable bonds is 6. The van der Waals surface area contributed by atoms with Crippen molar-refractivity contribution in [2.75, 3.05) is 6.54 Å². The number of nitrogens with zero attached hydrogens (tertiary/aromatic N) is 3. The van der Waals surface area contributed by atoms with E-state index in [1.165, 1.54) is 0 Å². The zero-order valence-electron chi connectivity index (χ0n) is 12.4. The van der Waals surface area contributed by atoms with E-state index >= 15 is 0 Å². The summed E-state index contributed by atoms with van der Waals surface area (Å²) >= 11 is 0. The minimum atomic E-state index is 0.602. The first-order valence-corrected chi connectivity index (χ1v) is 7.28. The van der Waals surface area contributed by atoms with Crippen molar-refractivity contribution >= 4 is 10.9 Å². The second-order valence-corrected chi connectivity index (χ2v) is 5.67. The van der Waals surface area contributed by atoms with Gasteiger partial charge in [0.1, 0.15) is 6.54 Å². The van der Waals surface area contributed by atoms with Crippen LogP contribution in [0.5, 0.6) is 0 Å². The Hall–Kier alpha value is -2.14. The van der Waals surface area contributed by atoms with Gasteiger partial charge < -0.3 is 9.84 Å². The predicted octanol–water partition coefficient (Wildman–Crippen LogP) is 2.82. The van der Waals surface area contributed by atoms with Crippen molar-refractivity contribution in [2.24, 2.45) is 5.92 Å². The SMILES string of the molecule is CC(C)CNCc1cc(Cn2ncc3ccccc32)on1. The summed E-state index contributed by atoms with van der Waals surface area (Å²) in [6.45, 7) is 6.69. The summed E-state index contributed by atoms with van der Waals surface area (Å²) < 4.78 is 7.33. The molecule has 2 aromatic heterocycles. The number of aromatic nitrogens is 3. The van der Waals surface area contributed by atoms with Crippen LogP contribution in [-0.2, 0) is 13.1 Å². The molecule has 0 spiro atoms. The smallest absolute Gasteiger partial charge is 0.158 e. The summed E-state index contributed by atoms with van der Waals surface area (Å²) in [5.74, 6) is 1.46. The number of benzene rings is 1. The molecule has 0 aliphatic heterocycles. The molecule has 3 rings (SSSR count). The molecule has 0 atom stereocenters. The van der Waals surface area contributed by atoms with E-state index < -0.39 is 0 Å². The normalized spacial score (nSPS) is 11.6. The van der Waals surface area contributed by atoms with Crippen molar-refractivity contribution in [3.8, 4) is 0 Å². The maximum atomic E-state index is 5.39. The number of fused-ring (bicyclic) bond motifs is 1. The van der Waals surface area contributed by atoms with Gasteiger partial charge in [0.2, 0.25) is 0 Å². The molecule has 0 amide bonds. The topological polar surface area (TPSA) is 55.9 Å². The molecule has 5 nitrogen and oxygen atoms in total. The highest BCUT2D eigenvalue weighted by atomic mass is 16.5. The third-order valence-electron chi connectivity index (χ3n) is 3.32. The molecule has 0 bridgehead atoms. The van der Waals surface area contributed by atoms with Gasteiger partial charge >= 0.3 is 0 Å². The third-order valence-corrected chi connectivity index (χ3v) is 3.32. The summed E-state index contributed by atoms with van der Waals surface area (Å²) in [7, 11) is 0. The van der Waals surface area contributed by atoms with Crippen LogP contribution in [0.2, 0.25) is 0 Å². The number of para-hydroxylation sites is 1. The zero-order chi connectivity index (χ0) is 14.7. The van der Waals surface area contributed by atoms with Gasteiger partial charge in [-0.15, -0.1) is 0 Å². The van der Waals surface area contributed by atoms with Gasteiger partial charge in [0.25, 0.3) is 0 Å². The van der Waals surface area contributed by atoms with Crippen LogP contribution in [0, 0.1) is 5.92 Å². The van der Waals surface area contributed by atoms with E-state index in [1.54, 1.807) is 0 Å². The minimum Gasteiger partial charge on any atom is -0.359 e. The van der Waals surface area contributed by atoms with Crippen molar-refractivity contribution in [1.82, 2.24) is 20.3 Å². The molecule has 2 heterocycles. The van der Waals surface area contributed by atoms with Gasteiger partial charge in [0, 0.05) is 18.0 Å². The Labute approximate surface area is 123 Å². The van der Waals surface area contributed by atoms with Gasteiger partial charge in [-0.25, -0.2) is 0 Å². The van der Waals surface area contributed by atoms with Gasteiger partial charge in [-0.2, -0.15) is 5.10 Å². The van der Waals surface area contributed by atoms with Crippen molar-refractivity contribution in [3.05, 3.63) is 48.0 Å². The summed E-state index contributed by atoms with van der Waals surface area (Å²) in [6.07, 6.45) is 1.87. The first kappa shape index (κ1) is 13.8. The Morgan fingerprint density at radius 2 is 2.14 bits per heavy atom. The van der Waals surface area contributed by atoms with Crippen LogP contribution in [0.4, 0.5) is 0 Å². The summed E-state index contributed by atoms with van der Waals surface area (Å²) in [5, 5.41) is 13.0. The maximum absolute atomic E-state index is 5.39. The number of hydrogen-bond acceptors (Lipinski definition) is 4. The van der Waals surface area contributed by atoms with Crippen molar-refractivity contribution in [2.45, 2.75) is 26.9 Å². The van der Waals surface area contributed by atoms with Gasteiger partial charge in [-0.3, -0.25) is 4.68 Å². The van der Waals surface area contributed by atoms with E-state index in [9.17, 15) is 0 Å². The average molecular weight is 284 g/mol. The van der Waals surface area contributed by atoms with Crippen LogP contribution in [-0.4, -0.2) is 21.5 Å². The molecule has 5 heteroatoms. The first-order chi connectivity index (χ1) is 10.2. The van der Waals surface area contributed by atoms with Crippen LogP contribution in [0.15, 0.2) is 41.1 Å². The molecule has 0 unspecified atom stereocenters. The highest BCUT2D eigenvalue weighted by Gasteiger charge is 2.08. The van der Waals surface area contributed by atoms with Crippen LogP contribution in [0.25, 0.3) is 10.9 Å². The van der Waals surface area contributed by atoms with Gasteiger partial charge in [-0.05, 0) is 18.5 Å². The Bertz CT molecular complexity index is 714. The monoisotopic (exact) mass is 284 g/mol. The molecule has 1 aromatic carbocycles. The highest BCUT2D eigenvalue weighted by molar-refractivity contribution is 5.78. The lowest BCUT2D eigenvalue weighted by atomic mass is 10.2. The first-order valence-electron chi connectivity index (χ1n) is 7.28. The van der Waals surface area contributed by atoms with Crippen molar-refractivity contribution in [3.63, 3.8) is 0 Å². The molecule has 1 N–H and O–H groups in total. The lowest BCUT2D eigenvalue weighted by molar-refractivity contribution is 0.365. The molecule has 0 saturated carbocycles. The molecular formula is C16H20N4O. The van der Waals surface area contributed by atoms with Crippen LogP contribution in [0.3, 0.4) is 0 Å². The Kier molecular flexibility index (Phi) is 4.01. The van der Waals surface area contributed by atoms with Gasteiger partial charge in [0.05, 0.1) is 17.4 Å². The number of hydrogen-bond donors (Lipinski definition) is 1. The molecular weight excluding hydrogens is 264 g/mol. The fourth-order valence-corrected chi connectivity index (χ4v) is 2.30. The number of nitrogens with one attached hydrogen (secondary N) is 1. The quantitative estimate of drug-likeness (QED) is 0.756. The van der Waals surface area contributed by atoms with Crippen molar-refractivity contribution < 1.29 is 4.52 Å². The standard InChI is InChI=1S/C16H20N4O/c1-12(2)8-17-10-14-7-15(21-19-14)11-20-16-6-4-3-5-13(16)9-18-20/h3-7,9,12,17H,8,10-11H2,1-2H3. The van der Waals surface area contributed by atoms with E-state index in [4.69, 9.17) is 4.52 Å².